The lowest BCUT2D eigenvalue weighted by atomic mass is 9.85. The number of hydrogen-bond donors (Lipinski definition) is 2. The molecule has 1 saturated carbocycles. The number of aromatic nitrogens is 1. The van der Waals surface area contributed by atoms with Crippen LogP contribution in [0.15, 0.2) is 5.51 Å². The average molecular weight is 540 g/mol. The first-order chi connectivity index (χ1) is 17.1. The molecule has 12 heteroatoms. The predicted molar refractivity (Wildman–Crippen MR) is 129 cm³/mol. The highest BCUT2D eigenvalue weighted by Crippen LogP contribution is 2.65. The molecule has 1 aromatic rings. The van der Waals surface area contributed by atoms with Crippen LogP contribution in [-0.2, 0) is 20.8 Å². The zero-order valence-corrected chi connectivity index (χ0v) is 22.3. The molecule has 0 aromatic carbocycles. The van der Waals surface area contributed by atoms with Crippen LogP contribution in [0.3, 0.4) is 0 Å². The fourth-order valence-corrected chi connectivity index (χ4v) is 6.87. The number of hydrogen-bond acceptors (Lipinski definition) is 6. The van der Waals surface area contributed by atoms with Crippen molar-refractivity contribution in [3.63, 3.8) is 0 Å². The Balaban J connectivity index is 1.52. The summed E-state index contributed by atoms with van der Waals surface area (Å²) in [6, 6.07) is -1.07. The van der Waals surface area contributed by atoms with Crippen LogP contribution in [0.4, 0.5) is 13.2 Å². The summed E-state index contributed by atoms with van der Waals surface area (Å²) in [7, 11) is 0. The van der Waals surface area contributed by atoms with Crippen molar-refractivity contribution in [1.29, 1.82) is 5.26 Å². The summed E-state index contributed by atoms with van der Waals surface area (Å²) in [5.74, 6) is -3.56. The van der Waals surface area contributed by atoms with Gasteiger partial charge >= 0.3 is 12.1 Å². The molecule has 8 nitrogen and oxygen atoms in total. The predicted octanol–water partition coefficient (Wildman–Crippen LogP) is 3.15. The van der Waals surface area contributed by atoms with E-state index in [-0.39, 0.29) is 29.7 Å². The van der Waals surface area contributed by atoms with Gasteiger partial charge in [-0.3, -0.25) is 14.4 Å². The van der Waals surface area contributed by atoms with Crippen LogP contribution < -0.4 is 10.6 Å². The minimum atomic E-state index is -5.15. The summed E-state index contributed by atoms with van der Waals surface area (Å²) < 4.78 is 39.0. The summed E-state index contributed by atoms with van der Waals surface area (Å²) in [4.78, 5) is 45.7. The zero-order chi connectivity index (χ0) is 27.5. The lowest BCUT2D eigenvalue weighted by molar-refractivity contribution is -0.176. The van der Waals surface area contributed by atoms with Gasteiger partial charge in [0.1, 0.15) is 18.1 Å². The number of likely N-dealkylation sites (tertiary alicyclic amines) is 1. The summed E-state index contributed by atoms with van der Waals surface area (Å²) in [5.41, 5.74) is 1.48. The van der Waals surface area contributed by atoms with Crippen LogP contribution in [0, 0.1) is 34.0 Å². The van der Waals surface area contributed by atoms with E-state index in [0.29, 0.717) is 6.42 Å². The Morgan fingerprint density at radius 3 is 2.54 bits per heavy atom. The highest BCUT2D eigenvalue weighted by molar-refractivity contribution is 7.09. The molecule has 0 radical (unpaired) electrons. The molecule has 37 heavy (non-hydrogen) atoms. The zero-order valence-electron chi connectivity index (χ0n) is 21.5. The van der Waals surface area contributed by atoms with Crippen molar-refractivity contribution in [2.24, 2.45) is 22.7 Å². The second kappa shape index (κ2) is 9.26. The molecule has 0 bridgehead atoms. The van der Waals surface area contributed by atoms with Gasteiger partial charge in [-0.15, -0.1) is 11.3 Å². The van der Waals surface area contributed by atoms with E-state index in [1.165, 1.54) is 9.78 Å². The van der Waals surface area contributed by atoms with Crippen molar-refractivity contribution < 1.29 is 27.6 Å². The molecule has 1 aromatic heterocycles. The fourth-order valence-electron chi connectivity index (χ4n) is 6.00. The van der Waals surface area contributed by atoms with Crippen molar-refractivity contribution in [3.8, 4) is 6.07 Å². The number of alkyl halides is 3. The van der Waals surface area contributed by atoms with E-state index in [1.54, 1.807) is 37.6 Å². The standard InChI is InChI=1S/C25H32F3N5O3S/c1-23(2,3)19(32-22(36)25(26,27)28)21(35)33-10-14-16(24(14,4)5)18(33)20(34)31-13(9-29)8-12-6-7-15-17(12)30-11-37-15/h11-14,16,18-19H,6-8,10H2,1-5H3,(H,31,34)(H,32,36)/t12?,13?,14-,16-,18-,19?/m0/s1. The highest BCUT2D eigenvalue weighted by atomic mass is 32.1. The number of carbonyl (C=O) groups excluding carboxylic acids is 3. The minimum absolute atomic E-state index is 0.000863. The molecule has 1 saturated heterocycles. The molecule has 3 amide bonds. The Morgan fingerprint density at radius 2 is 1.95 bits per heavy atom. The first kappa shape index (κ1) is 27.4. The highest BCUT2D eigenvalue weighted by Gasteiger charge is 2.70. The largest absolute Gasteiger partial charge is 0.471 e. The molecule has 202 valence electrons. The van der Waals surface area contributed by atoms with E-state index < -0.39 is 47.4 Å². The molecule has 2 heterocycles. The third kappa shape index (κ3) is 5.07. The van der Waals surface area contributed by atoms with Gasteiger partial charge in [0.15, 0.2) is 0 Å². The van der Waals surface area contributed by atoms with Crippen molar-refractivity contribution in [1.82, 2.24) is 20.5 Å². The molecule has 3 unspecified atom stereocenters. The van der Waals surface area contributed by atoms with Crippen molar-refractivity contribution in [2.75, 3.05) is 6.54 Å². The SMILES string of the molecule is CC(C)(C)C(NC(=O)C(F)(F)F)C(=O)N1C[C@H]2[C@@H]([C@H]1C(=O)NC(C#N)CC1CCc3scnc31)C2(C)C. The molecule has 4 rings (SSSR count). The Kier molecular flexibility index (Phi) is 6.84. The summed E-state index contributed by atoms with van der Waals surface area (Å²) in [6.07, 6.45) is -3.02. The molecular weight excluding hydrogens is 507 g/mol. The number of nitrogens with zero attached hydrogens (tertiary/aromatic N) is 3. The first-order valence-corrected chi connectivity index (χ1v) is 13.3. The van der Waals surface area contributed by atoms with Gasteiger partial charge in [-0.25, -0.2) is 4.98 Å². The quantitative estimate of drug-likeness (QED) is 0.576. The van der Waals surface area contributed by atoms with Crippen LogP contribution in [-0.4, -0.2) is 58.5 Å². The average Bonchev–Trinajstić information content (AvgIpc) is 3.29. The number of rotatable bonds is 6. The normalized spacial score (nSPS) is 27.5. The van der Waals surface area contributed by atoms with Crippen LogP contribution in [0.25, 0.3) is 0 Å². The van der Waals surface area contributed by atoms with Gasteiger partial charge < -0.3 is 15.5 Å². The first-order valence-electron chi connectivity index (χ1n) is 12.4. The number of fused-ring (bicyclic) bond motifs is 2. The second-order valence-corrected chi connectivity index (χ2v) is 12.9. The number of halogens is 3. The Morgan fingerprint density at radius 1 is 1.27 bits per heavy atom. The maximum atomic E-state index is 13.6. The van der Waals surface area contributed by atoms with E-state index in [4.69, 9.17) is 0 Å². The van der Waals surface area contributed by atoms with Gasteiger partial charge in [0.2, 0.25) is 11.8 Å². The van der Waals surface area contributed by atoms with Gasteiger partial charge in [0.25, 0.3) is 0 Å². The minimum Gasteiger partial charge on any atom is -0.339 e. The Hall–Kier alpha value is -2.68. The van der Waals surface area contributed by atoms with E-state index in [9.17, 15) is 32.8 Å². The number of nitrogens with one attached hydrogen (secondary N) is 2. The van der Waals surface area contributed by atoms with E-state index in [0.717, 1.165) is 18.5 Å². The Labute approximate surface area is 218 Å². The molecule has 2 N–H and O–H groups in total. The number of carbonyl (C=O) groups is 3. The Bertz CT molecular complexity index is 1140. The van der Waals surface area contributed by atoms with E-state index >= 15 is 0 Å². The van der Waals surface area contributed by atoms with Crippen molar-refractivity contribution >= 4 is 29.1 Å². The number of amides is 3. The molecule has 0 spiro atoms. The number of aryl methyl sites for hydroxylation is 1. The van der Waals surface area contributed by atoms with Gasteiger partial charge in [-0.05, 0) is 41.9 Å². The number of piperidine rings is 1. The molecule has 2 aliphatic carbocycles. The number of thiazole rings is 1. The van der Waals surface area contributed by atoms with Crippen LogP contribution in [0.1, 0.15) is 63.9 Å². The van der Waals surface area contributed by atoms with Gasteiger partial charge in [0.05, 0.1) is 17.3 Å². The third-order valence-corrected chi connectivity index (χ3v) is 9.09. The van der Waals surface area contributed by atoms with Crippen molar-refractivity contribution in [2.45, 2.75) is 84.1 Å². The van der Waals surface area contributed by atoms with Gasteiger partial charge in [-0.2, -0.15) is 18.4 Å². The lowest BCUT2D eigenvalue weighted by Gasteiger charge is -2.37. The van der Waals surface area contributed by atoms with E-state index in [2.05, 4.69) is 16.4 Å². The maximum Gasteiger partial charge on any atom is 0.471 e. The molecule has 2 fully saturated rings. The lowest BCUT2D eigenvalue weighted by Crippen LogP contribution is -2.61. The third-order valence-electron chi connectivity index (χ3n) is 8.18. The van der Waals surface area contributed by atoms with Crippen molar-refractivity contribution in [3.05, 3.63) is 16.1 Å². The fraction of sp³-hybridized carbons (Fsp3) is 0.720. The monoisotopic (exact) mass is 539 g/mol. The van der Waals surface area contributed by atoms with Crippen LogP contribution in [0.5, 0.6) is 0 Å². The summed E-state index contributed by atoms with van der Waals surface area (Å²) in [6.45, 7) is 8.85. The molecule has 1 aliphatic heterocycles. The van der Waals surface area contributed by atoms with E-state index in [1.807, 2.05) is 19.2 Å². The molecule has 3 aliphatic rings. The maximum absolute atomic E-state index is 13.6. The molecular formula is C25H32F3N5O3S. The summed E-state index contributed by atoms with van der Waals surface area (Å²) in [5, 5.41) is 14.4. The smallest absolute Gasteiger partial charge is 0.339 e. The topological polar surface area (TPSA) is 115 Å². The summed E-state index contributed by atoms with van der Waals surface area (Å²) >= 11 is 1.58. The van der Waals surface area contributed by atoms with Gasteiger partial charge in [0, 0.05) is 17.3 Å². The van der Waals surface area contributed by atoms with Crippen LogP contribution >= 0.6 is 11.3 Å². The van der Waals surface area contributed by atoms with Crippen LogP contribution in [0.2, 0.25) is 0 Å². The number of nitriles is 1. The molecule has 6 atom stereocenters. The second-order valence-electron chi connectivity index (χ2n) is 12.0. The van der Waals surface area contributed by atoms with Gasteiger partial charge in [-0.1, -0.05) is 34.6 Å².